The normalized spacial score (nSPS) is 14.5. The third-order valence-electron chi connectivity index (χ3n) is 10.8. The second kappa shape index (κ2) is 14.4. The highest BCUT2D eigenvalue weighted by molar-refractivity contribution is 6.22. The minimum absolute atomic E-state index is 0.214. The summed E-state index contributed by atoms with van der Waals surface area (Å²) in [7, 11) is 0. The van der Waals surface area contributed by atoms with Gasteiger partial charge in [-0.2, -0.15) is 0 Å². The minimum atomic E-state index is -0.214. The van der Waals surface area contributed by atoms with E-state index in [1.807, 2.05) is 0 Å². The van der Waals surface area contributed by atoms with Gasteiger partial charge >= 0.3 is 0 Å². The van der Waals surface area contributed by atoms with Crippen LogP contribution in [0.15, 0.2) is 151 Å². The number of pyridine rings is 1. The van der Waals surface area contributed by atoms with Crippen molar-refractivity contribution in [2.45, 2.75) is 53.0 Å². The number of allylic oxidation sites excluding steroid dienone is 8. The van der Waals surface area contributed by atoms with Gasteiger partial charge in [-0.3, -0.25) is 14.1 Å². The van der Waals surface area contributed by atoms with E-state index < -0.39 is 0 Å². The number of aromatic nitrogens is 4. The molecule has 0 aliphatic heterocycles. The molecule has 4 heterocycles. The van der Waals surface area contributed by atoms with Gasteiger partial charge in [-0.15, -0.1) is 0 Å². The van der Waals surface area contributed by atoms with Crippen molar-refractivity contribution >= 4 is 78.2 Å². The average Bonchev–Trinajstić information content (AvgIpc) is 3.75. The first kappa shape index (κ1) is 34.3. The summed E-state index contributed by atoms with van der Waals surface area (Å²) < 4.78 is 7.08. The molecule has 0 bridgehead atoms. The van der Waals surface area contributed by atoms with Gasteiger partial charge in [-0.25, -0.2) is 4.98 Å². The average molecular weight is 716 g/mol. The first-order valence-corrected chi connectivity index (χ1v) is 19.6. The number of hydrogen-bond donors (Lipinski definition) is 0. The molecule has 9 rings (SSSR count). The van der Waals surface area contributed by atoms with Crippen molar-refractivity contribution in [1.29, 1.82) is 0 Å². The van der Waals surface area contributed by atoms with Crippen LogP contribution in [0.25, 0.3) is 78.2 Å². The topological polar surface area (TPSA) is 40.0 Å². The maximum atomic E-state index is 5.48. The van der Waals surface area contributed by atoms with Crippen LogP contribution in [-0.2, 0) is 0 Å². The Morgan fingerprint density at radius 3 is 2.13 bits per heavy atom. The molecule has 1 atom stereocenters. The van der Waals surface area contributed by atoms with Crippen molar-refractivity contribution < 1.29 is 0 Å². The van der Waals surface area contributed by atoms with E-state index in [-0.39, 0.29) is 6.04 Å². The molecule has 55 heavy (non-hydrogen) atoms. The van der Waals surface area contributed by atoms with Crippen molar-refractivity contribution in [1.82, 2.24) is 18.7 Å². The van der Waals surface area contributed by atoms with Crippen LogP contribution in [0.4, 0.5) is 0 Å². The fraction of sp³-hybridized carbons (Fsp3) is 0.160. The van der Waals surface area contributed by atoms with Crippen LogP contribution in [0.1, 0.15) is 70.0 Å². The van der Waals surface area contributed by atoms with E-state index in [1.165, 1.54) is 49.2 Å². The minimum Gasteiger partial charge on any atom is -0.313 e. The number of rotatable bonds is 8. The maximum Gasteiger partial charge on any atom is 0.137 e. The number of fused-ring (bicyclic) bond motifs is 9. The molecule has 0 N–H and O–H groups in total. The predicted octanol–water partition coefficient (Wildman–Crippen LogP) is 13.5. The van der Waals surface area contributed by atoms with Gasteiger partial charge in [-0.1, -0.05) is 111 Å². The summed E-state index contributed by atoms with van der Waals surface area (Å²) in [5.41, 5.74) is 10.4. The molecule has 0 radical (unpaired) electrons. The van der Waals surface area contributed by atoms with Crippen LogP contribution < -0.4 is 0 Å². The third kappa shape index (κ3) is 5.79. The molecular formula is C50H45N5. The molecule has 0 saturated carbocycles. The molecule has 4 aromatic heterocycles. The summed E-state index contributed by atoms with van der Waals surface area (Å²) in [4.78, 5) is 10.8. The lowest BCUT2D eigenvalue weighted by Crippen LogP contribution is -2.11. The Morgan fingerprint density at radius 1 is 0.727 bits per heavy atom. The van der Waals surface area contributed by atoms with Gasteiger partial charge in [0.25, 0.3) is 0 Å². The van der Waals surface area contributed by atoms with E-state index in [2.05, 4.69) is 199 Å². The first-order valence-electron chi connectivity index (χ1n) is 19.6. The van der Waals surface area contributed by atoms with Gasteiger partial charge in [0.15, 0.2) is 0 Å². The summed E-state index contributed by atoms with van der Waals surface area (Å²) in [6, 6.07) is 37.0. The van der Waals surface area contributed by atoms with Crippen LogP contribution >= 0.6 is 0 Å². The number of benzene rings is 4. The molecular weight excluding hydrogens is 671 g/mol. The van der Waals surface area contributed by atoms with E-state index in [4.69, 9.17) is 9.98 Å². The largest absolute Gasteiger partial charge is 0.313 e. The molecule has 4 aromatic carbocycles. The van der Waals surface area contributed by atoms with Crippen molar-refractivity contribution in [3.05, 3.63) is 163 Å². The summed E-state index contributed by atoms with van der Waals surface area (Å²) in [6.07, 6.45) is 22.7. The second-order valence-electron chi connectivity index (χ2n) is 14.2. The molecule has 1 aliphatic carbocycles. The molecule has 8 aromatic rings. The Morgan fingerprint density at radius 2 is 1.40 bits per heavy atom. The lowest BCUT2D eigenvalue weighted by molar-refractivity contribution is 0.772. The van der Waals surface area contributed by atoms with Crippen LogP contribution in [-0.4, -0.2) is 24.5 Å². The number of nitrogens with zero attached hydrogens (tertiary/aromatic N) is 5. The summed E-state index contributed by atoms with van der Waals surface area (Å²) in [6.45, 7) is 8.64. The molecule has 1 aliphatic rings. The zero-order chi connectivity index (χ0) is 37.5. The predicted molar refractivity (Wildman–Crippen MR) is 236 cm³/mol. The van der Waals surface area contributed by atoms with Gasteiger partial charge in [-0.05, 0) is 93.8 Å². The van der Waals surface area contributed by atoms with E-state index in [0.717, 1.165) is 58.9 Å². The van der Waals surface area contributed by atoms with Crippen LogP contribution in [0.3, 0.4) is 0 Å². The summed E-state index contributed by atoms with van der Waals surface area (Å²) >= 11 is 0. The Balaban J connectivity index is 1.24. The number of para-hydroxylation sites is 3. The van der Waals surface area contributed by atoms with Gasteiger partial charge < -0.3 is 4.57 Å². The summed E-state index contributed by atoms with van der Waals surface area (Å²) in [5.74, 6) is 1.77. The fourth-order valence-corrected chi connectivity index (χ4v) is 8.35. The van der Waals surface area contributed by atoms with Crippen molar-refractivity contribution in [3.8, 4) is 5.82 Å². The van der Waals surface area contributed by atoms with Crippen LogP contribution in [0, 0.1) is 0 Å². The standard InChI is InChI=1S/C50H45N5/c1-5-8-10-21-35(7-3)53-43-28-16-14-24-38(43)40-32-41-39-25-15-18-30-46(39)55(48(41)33-47(40)53)49(20-6-2)51-34(4)42-26-19-31-50(52-42)54-44-27-12-9-11-22-36(44)37-23-13-17-29-45(37)54/h6,8,10-34H,5,7,9H2,1-4H3/b10-8-,20-6-,35-21+,51-49+. The highest BCUT2D eigenvalue weighted by atomic mass is 15.1. The molecule has 0 saturated heterocycles. The number of aliphatic imine (C=N–C) groups is 1. The SMILES string of the molecule is C/C=C\C(=N/C(C)c1cccc(-n2c3c(c4ccccc42)C=CCC=C3)n1)n1c2ccccc2c2cc3c4ccccc4n(/C(=C/C=C\CC)CC)c3cc21. The van der Waals surface area contributed by atoms with E-state index in [0.29, 0.717) is 0 Å². The Bertz CT molecular complexity index is 2950. The quantitative estimate of drug-likeness (QED) is 0.0877. The first-order chi connectivity index (χ1) is 27.1. The third-order valence-corrected chi connectivity index (χ3v) is 10.8. The Labute approximate surface area is 322 Å². The van der Waals surface area contributed by atoms with Gasteiger partial charge in [0.2, 0.25) is 0 Å². The van der Waals surface area contributed by atoms with Crippen molar-refractivity contribution in [2.24, 2.45) is 4.99 Å². The van der Waals surface area contributed by atoms with Gasteiger partial charge in [0.05, 0.1) is 45.0 Å². The van der Waals surface area contributed by atoms with E-state index >= 15 is 0 Å². The van der Waals surface area contributed by atoms with E-state index in [9.17, 15) is 0 Å². The van der Waals surface area contributed by atoms with Crippen molar-refractivity contribution in [3.63, 3.8) is 0 Å². The molecule has 1 unspecified atom stereocenters. The molecule has 5 nitrogen and oxygen atoms in total. The zero-order valence-electron chi connectivity index (χ0n) is 31.9. The maximum absolute atomic E-state index is 5.48. The zero-order valence-corrected chi connectivity index (χ0v) is 31.9. The molecule has 0 spiro atoms. The molecule has 5 heteroatoms. The monoisotopic (exact) mass is 715 g/mol. The molecule has 270 valence electrons. The fourth-order valence-electron chi connectivity index (χ4n) is 8.35. The lowest BCUT2D eigenvalue weighted by atomic mass is 10.1. The van der Waals surface area contributed by atoms with Crippen molar-refractivity contribution in [2.75, 3.05) is 0 Å². The van der Waals surface area contributed by atoms with E-state index in [1.54, 1.807) is 0 Å². The Kier molecular flexibility index (Phi) is 8.99. The smallest absolute Gasteiger partial charge is 0.137 e. The van der Waals surface area contributed by atoms with Gasteiger partial charge in [0, 0.05) is 38.2 Å². The highest BCUT2D eigenvalue weighted by Crippen LogP contribution is 2.39. The van der Waals surface area contributed by atoms with Gasteiger partial charge in [0.1, 0.15) is 11.7 Å². The van der Waals surface area contributed by atoms with Crippen LogP contribution in [0.5, 0.6) is 0 Å². The second-order valence-corrected chi connectivity index (χ2v) is 14.2. The highest BCUT2D eigenvalue weighted by Gasteiger charge is 2.21. The van der Waals surface area contributed by atoms with Crippen LogP contribution in [0.2, 0.25) is 0 Å². The summed E-state index contributed by atoms with van der Waals surface area (Å²) in [5, 5.41) is 6.17. The molecule has 0 fully saturated rings. The lowest BCUT2D eigenvalue weighted by Gasteiger charge is -2.15. The molecule has 0 amide bonds. The Hall–Kier alpha value is -6.46. The number of hydrogen-bond acceptors (Lipinski definition) is 2.